The second kappa shape index (κ2) is 9.24. The SMILES string of the molecule is Fc1ccccc1N(c1ccccc1)C1C=Cc2ccc3c(N4CCCc5ccccc54)ccc4c3c2C1C=C4. The van der Waals surface area contributed by atoms with Crippen molar-refractivity contribution < 1.29 is 4.39 Å². The molecule has 5 aromatic carbocycles. The van der Waals surface area contributed by atoms with Crippen molar-refractivity contribution >= 4 is 45.7 Å². The molecule has 2 atom stereocenters. The summed E-state index contributed by atoms with van der Waals surface area (Å²) in [6.07, 6.45) is 11.3. The molecule has 1 heterocycles. The Labute approximate surface area is 234 Å². The number of para-hydroxylation sites is 3. The van der Waals surface area contributed by atoms with E-state index in [1.807, 2.05) is 30.3 Å². The summed E-state index contributed by atoms with van der Waals surface area (Å²) >= 11 is 0. The zero-order valence-electron chi connectivity index (χ0n) is 22.2. The number of rotatable bonds is 4. The van der Waals surface area contributed by atoms with Gasteiger partial charge in [-0.25, -0.2) is 4.39 Å². The first-order chi connectivity index (χ1) is 19.8. The van der Waals surface area contributed by atoms with Gasteiger partial charge in [-0.2, -0.15) is 0 Å². The summed E-state index contributed by atoms with van der Waals surface area (Å²) in [5.74, 6) is -0.130. The minimum absolute atomic E-state index is 0.0684. The zero-order chi connectivity index (χ0) is 26.6. The van der Waals surface area contributed by atoms with Crippen molar-refractivity contribution in [3.63, 3.8) is 0 Å². The van der Waals surface area contributed by atoms with Crippen molar-refractivity contribution in [1.82, 2.24) is 0 Å². The second-order valence-corrected chi connectivity index (χ2v) is 10.9. The predicted molar refractivity (Wildman–Crippen MR) is 165 cm³/mol. The zero-order valence-corrected chi connectivity index (χ0v) is 22.2. The Kier molecular flexibility index (Phi) is 5.37. The molecule has 2 nitrogen and oxygen atoms in total. The Morgan fingerprint density at radius 2 is 1.48 bits per heavy atom. The van der Waals surface area contributed by atoms with E-state index in [1.54, 1.807) is 12.1 Å². The molecule has 5 aromatic rings. The predicted octanol–water partition coefficient (Wildman–Crippen LogP) is 9.41. The molecule has 40 heavy (non-hydrogen) atoms. The minimum atomic E-state index is -0.213. The van der Waals surface area contributed by atoms with Crippen LogP contribution in [0.3, 0.4) is 0 Å². The molecule has 0 N–H and O–H groups in total. The van der Waals surface area contributed by atoms with Crippen molar-refractivity contribution in [2.45, 2.75) is 24.8 Å². The van der Waals surface area contributed by atoms with Crippen LogP contribution in [0.25, 0.3) is 22.9 Å². The fourth-order valence-corrected chi connectivity index (χ4v) is 7.03. The van der Waals surface area contributed by atoms with Gasteiger partial charge in [0.1, 0.15) is 5.82 Å². The van der Waals surface area contributed by atoms with Crippen molar-refractivity contribution in [2.75, 3.05) is 16.3 Å². The summed E-state index contributed by atoms with van der Waals surface area (Å²) in [5.41, 5.74) is 9.42. The molecular weight excluding hydrogens is 491 g/mol. The molecule has 8 rings (SSSR count). The Hall–Kier alpha value is -4.63. The average Bonchev–Trinajstić information content (AvgIpc) is 3.01. The Morgan fingerprint density at radius 1 is 0.700 bits per heavy atom. The van der Waals surface area contributed by atoms with Crippen LogP contribution in [0, 0.1) is 5.82 Å². The molecule has 0 amide bonds. The lowest BCUT2D eigenvalue weighted by molar-refractivity contribution is 0.611. The van der Waals surface area contributed by atoms with Crippen LogP contribution in [0.15, 0.2) is 115 Å². The summed E-state index contributed by atoms with van der Waals surface area (Å²) in [4.78, 5) is 4.67. The van der Waals surface area contributed by atoms with E-state index < -0.39 is 0 Å². The molecule has 0 bridgehead atoms. The van der Waals surface area contributed by atoms with Crippen molar-refractivity contribution in [3.05, 3.63) is 143 Å². The van der Waals surface area contributed by atoms with Crippen LogP contribution < -0.4 is 9.80 Å². The number of hydrogen-bond donors (Lipinski definition) is 0. The van der Waals surface area contributed by atoms with Gasteiger partial charge >= 0.3 is 0 Å². The van der Waals surface area contributed by atoms with E-state index >= 15 is 4.39 Å². The van der Waals surface area contributed by atoms with E-state index in [4.69, 9.17) is 0 Å². The molecule has 3 heteroatoms. The van der Waals surface area contributed by atoms with Crippen LogP contribution in [0.2, 0.25) is 0 Å². The number of fused-ring (bicyclic) bond motifs is 1. The van der Waals surface area contributed by atoms with Gasteiger partial charge in [0.25, 0.3) is 0 Å². The highest BCUT2D eigenvalue weighted by Crippen LogP contribution is 2.48. The van der Waals surface area contributed by atoms with Gasteiger partial charge in [0.2, 0.25) is 0 Å². The van der Waals surface area contributed by atoms with Crippen LogP contribution in [0.1, 0.15) is 34.6 Å². The highest BCUT2D eigenvalue weighted by atomic mass is 19.1. The first-order valence-corrected chi connectivity index (χ1v) is 14.2. The first kappa shape index (κ1) is 23.3. The second-order valence-electron chi connectivity index (χ2n) is 10.9. The third kappa shape index (κ3) is 3.54. The van der Waals surface area contributed by atoms with Crippen LogP contribution in [-0.2, 0) is 6.42 Å². The van der Waals surface area contributed by atoms with Crippen LogP contribution in [0.5, 0.6) is 0 Å². The number of aryl methyl sites for hydroxylation is 1. The number of benzene rings is 5. The third-order valence-electron chi connectivity index (χ3n) is 8.77. The van der Waals surface area contributed by atoms with E-state index in [-0.39, 0.29) is 17.8 Å². The standard InChI is InChI=1S/C37H29FN2/c38-31-13-5-7-15-35(31)40(28-11-2-1-3-12-28)34-23-19-27-16-20-29-33(22-18-26-17-21-30(34)37(27)36(26)29)39-24-8-10-25-9-4-6-14-32(25)39/h1-7,9,11-23,30,34H,8,10,24H2. The molecule has 0 fully saturated rings. The Bertz CT molecular complexity index is 1820. The highest BCUT2D eigenvalue weighted by molar-refractivity contribution is 6.06. The van der Waals surface area contributed by atoms with Crippen LogP contribution in [-0.4, -0.2) is 12.6 Å². The first-order valence-electron chi connectivity index (χ1n) is 14.2. The van der Waals surface area contributed by atoms with E-state index in [2.05, 4.69) is 94.8 Å². The third-order valence-corrected chi connectivity index (χ3v) is 8.77. The quantitative estimate of drug-likeness (QED) is 0.233. The van der Waals surface area contributed by atoms with Crippen LogP contribution in [0.4, 0.5) is 27.1 Å². The summed E-state index contributed by atoms with van der Waals surface area (Å²) in [7, 11) is 0. The van der Waals surface area contributed by atoms with Gasteiger partial charge in [-0.3, -0.25) is 0 Å². The fourth-order valence-electron chi connectivity index (χ4n) is 7.03. The fraction of sp³-hybridized carbons (Fsp3) is 0.135. The van der Waals surface area contributed by atoms with Gasteiger partial charge in [-0.05, 0) is 76.9 Å². The van der Waals surface area contributed by atoms with Crippen molar-refractivity contribution in [2.24, 2.45) is 0 Å². The monoisotopic (exact) mass is 520 g/mol. The van der Waals surface area contributed by atoms with Gasteiger partial charge in [0.05, 0.1) is 11.7 Å². The summed E-state index contributed by atoms with van der Waals surface area (Å²) in [6, 6.07) is 35.2. The normalized spacial score (nSPS) is 18.6. The summed E-state index contributed by atoms with van der Waals surface area (Å²) in [5, 5.41) is 2.61. The van der Waals surface area contributed by atoms with E-state index in [1.165, 1.54) is 44.4 Å². The van der Waals surface area contributed by atoms with Gasteiger partial charge in [0.15, 0.2) is 0 Å². The number of halogens is 1. The molecule has 0 saturated heterocycles. The van der Waals surface area contributed by atoms with Crippen LogP contribution >= 0.6 is 0 Å². The molecule has 3 aliphatic rings. The van der Waals surface area contributed by atoms with Gasteiger partial charge in [-0.15, -0.1) is 0 Å². The number of nitrogens with zero attached hydrogens (tertiary/aromatic N) is 2. The molecule has 1 aliphatic heterocycles. The molecule has 2 unspecified atom stereocenters. The van der Waals surface area contributed by atoms with Crippen molar-refractivity contribution in [1.29, 1.82) is 0 Å². The molecule has 2 aliphatic carbocycles. The number of anilines is 4. The topological polar surface area (TPSA) is 6.48 Å². The number of hydrogen-bond acceptors (Lipinski definition) is 2. The Morgan fingerprint density at radius 3 is 2.38 bits per heavy atom. The average molecular weight is 521 g/mol. The van der Waals surface area contributed by atoms with E-state index in [9.17, 15) is 0 Å². The maximum Gasteiger partial charge on any atom is 0.146 e. The van der Waals surface area contributed by atoms with E-state index in [0.29, 0.717) is 5.69 Å². The molecule has 0 saturated carbocycles. The molecule has 0 aromatic heterocycles. The molecular formula is C37H29FN2. The molecule has 0 radical (unpaired) electrons. The summed E-state index contributed by atoms with van der Waals surface area (Å²) in [6.45, 7) is 1.01. The smallest absolute Gasteiger partial charge is 0.146 e. The maximum atomic E-state index is 15.4. The highest BCUT2D eigenvalue weighted by Gasteiger charge is 2.35. The Balaban J connectivity index is 1.31. The van der Waals surface area contributed by atoms with Gasteiger partial charge in [-0.1, -0.05) is 91.0 Å². The van der Waals surface area contributed by atoms with Crippen molar-refractivity contribution in [3.8, 4) is 0 Å². The minimum Gasteiger partial charge on any atom is -0.341 e. The lowest BCUT2D eigenvalue weighted by Crippen LogP contribution is -2.37. The lowest BCUT2D eigenvalue weighted by atomic mass is 9.75. The maximum absolute atomic E-state index is 15.4. The largest absolute Gasteiger partial charge is 0.341 e. The van der Waals surface area contributed by atoms with Gasteiger partial charge < -0.3 is 9.80 Å². The summed E-state index contributed by atoms with van der Waals surface area (Å²) < 4.78 is 15.4. The van der Waals surface area contributed by atoms with Gasteiger partial charge in [0, 0.05) is 34.9 Å². The molecule has 0 spiro atoms. The van der Waals surface area contributed by atoms with E-state index in [0.717, 1.165) is 25.1 Å². The molecule has 194 valence electrons. The lowest BCUT2D eigenvalue weighted by Gasteiger charge is -2.41.